The largest absolute Gasteiger partial charge is 0.494 e. The first kappa shape index (κ1) is 15.9. The van der Waals surface area contributed by atoms with Crippen molar-refractivity contribution in [3.8, 4) is 11.8 Å². The molecule has 1 aliphatic heterocycles. The van der Waals surface area contributed by atoms with Gasteiger partial charge in [-0.05, 0) is 62.4 Å². The van der Waals surface area contributed by atoms with Crippen molar-refractivity contribution in [3.05, 3.63) is 29.8 Å². The summed E-state index contributed by atoms with van der Waals surface area (Å²) in [5, 5.41) is 8.85. The van der Waals surface area contributed by atoms with E-state index in [9.17, 15) is 0 Å². The molecule has 1 aromatic rings. The average Bonchev–Trinajstić information content (AvgIpc) is 2.52. The Balaban J connectivity index is 1.63. The maximum Gasteiger partial charge on any atom is 0.120 e. The normalized spacial score (nSPS) is 16.9. The molecule has 0 saturated carbocycles. The molecule has 2 rings (SSSR count). The zero-order valence-electron chi connectivity index (χ0n) is 13.2. The number of hydrogen-bond acceptors (Lipinski definition) is 3. The van der Waals surface area contributed by atoms with Gasteiger partial charge in [0.2, 0.25) is 0 Å². The molecule has 0 N–H and O–H groups in total. The molecule has 0 amide bonds. The van der Waals surface area contributed by atoms with Gasteiger partial charge in [-0.25, -0.2) is 0 Å². The second-order valence-electron chi connectivity index (χ2n) is 6.26. The molecule has 1 aromatic carbocycles. The first-order valence-corrected chi connectivity index (χ1v) is 8.04. The molecule has 1 heterocycles. The van der Waals surface area contributed by atoms with Crippen molar-refractivity contribution in [2.75, 3.05) is 26.2 Å². The van der Waals surface area contributed by atoms with Crippen LogP contribution in [0.5, 0.6) is 5.75 Å². The molecule has 0 bridgehead atoms. The summed E-state index contributed by atoms with van der Waals surface area (Å²) in [6, 6.07) is 9.51. The summed E-state index contributed by atoms with van der Waals surface area (Å²) in [6.07, 6.45) is 3.72. The van der Waals surface area contributed by atoms with Crippen LogP contribution in [0.4, 0.5) is 0 Å². The Kier molecular flexibility index (Phi) is 6.07. The van der Waals surface area contributed by atoms with E-state index in [-0.39, 0.29) is 0 Å². The van der Waals surface area contributed by atoms with Crippen LogP contribution in [0.15, 0.2) is 24.3 Å². The quantitative estimate of drug-likeness (QED) is 0.748. The molecule has 0 unspecified atom stereocenters. The van der Waals surface area contributed by atoms with E-state index < -0.39 is 0 Å². The molecule has 0 aromatic heterocycles. The summed E-state index contributed by atoms with van der Waals surface area (Å²) >= 11 is 0. The van der Waals surface area contributed by atoms with Gasteiger partial charge < -0.3 is 9.64 Å². The van der Waals surface area contributed by atoms with Gasteiger partial charge >= 0.3 is 0 Å². The van der Waals surface area contributed by atoms with Gasteiger partial charge in [0.15, 0.2) is 0 Å². The van der Waals surface area contributed by atoms with Crippen LogP contribution in [0.3, 0.4) is 0 Å². The van der Waals surface area contributed by atoms with Gasteiger partial charge in [0.25, 0.3) is 0 Å². The van der Waals surface area contributed by atoms with E-state index in [1.54, 1.807) is 12.1 Å². The van der Waals surface area contributed by atoms with Crippen LogP contribution in [0, 0.1) is 23.2 Å². The van der Waals surface area contributed by atoms with Crippen molar-refractivity contribution < 1.29 is 4.74 Å². The molecule has 114 valence electrons. The number of piperidine rings is 1. The molecule has 21 heavy (non-hydrogen) atoms. The first-order chi connectivity index (χ1) is 10.2. The van der Waals surface area contributed by atoms with E-state index in [4.69, 9.17) is 10.00 Å². The van der Waals surface area contributed by atoms with Crippen molar-refractivity contribution in [1.82, 2.24) is 4.90 Å². The summed E-state index contributed by atoms with van der Waals surface area (Å²) in [6.45, 7) is 8.97. The van der Waals surface area contributed by atoms with Crippen LogP contribution in [0.25, 0.3) is 0 Å². The fourth-order valence-electron chi connectivity index (χ4n) is 2.98. The summed E-state index contributed by atoms with van der Waals surface area (Å²) in [5.41, 5.74) is 0.656. The highest BCUT2D eigenvalue weighted by molar-refractivity contribution is 5.36. The number of rotatable bonds is 6. The lowest BCUT2D eigenvalue weighted by atomic mass is 9.87. The number of likely N-dealkylation sites (tertiary alicyclic amines) is 1. The van der Waals surface area contributed by atoms with Crippen LogP contribution >= 0.6 is 0 Å². The minimum Gasteiger partial charge on any atom is -0.494 e. The zero-order chi connectivity index (χ0) is 15.1. The maximum absolute atomic E-state index is 8.85. The Labute approximate surface area is 128 Å². The van der Waals surface area contributed by atoms with Crippen LogP contribution in [0.2, 0.25) is 0 Å². The summed E-state index contributed by atoms with van der Waals surface area (Å²) in [7, 11) is 0. The van der Waals surface area contributed by atoms with E-state index in [2.05, 4.69) is 24.8 Å². The average molecular weight is 286 g/mol. The molecule has 1 aliphatic rings. The van der Waals surface area contributed by atoms with Crippen LogP contribution < -0.4 is 4.74 Å². The number of benzene rings is 1. The highest BCUT2D eigenvalue weighted by atomic mass is 16.5. The minimum absolute atomic E-state index is 0.656. The molecule has 0 spiro atoms. The maximum atomic E-state index is 8.85. The van der Waals surface area contributed by atoms with Crippen LogP contribution in [-0.4, -0.2) is 31.1 Å². The highest BCUT2D eigenvalue weighted by Gasteiger charge is 2.20. The van der Waals surface area contributed by atoms with E-state index in [1.807, 2.05) is 12.1 Å². The second-order valence-corrected chi connectivity index (χ2v) is 6.26. The van der Waals surface area contributed by atoms with E-state index in [0.717, 1.165) is 37.2 Å². The molecular weight excluding hydrogens is 260 g/mol. The third kappa shape index (κ3) is 5.06. The first-order valence-electron chi connectivity index (χ1n) is 8.04. The number of nitriles is 1. The van der Waals surface area contributed by atoms with Gasteiger partial charge in [-0.15, -0.1) is 0 Å². The third-order valence-electron chi connectivity index (χ3n) is 4.43. The van der Waals surface area contributed by atoms with Crippen molar-refractivity contribution in [2.45, 2.75) is 33.1 Å². The highest BCUT2D eigenvalue weighted by Crippen LogP contribution is 2.24. The van der Waals surface area contributed by atoms with Gasteiger partial charge in [-0.1, -0.05) is 19.9 Å². The molecule has 3 heteroatoms. The Hall–Kier alpha value is -1.53. The lowest BCUT2D eigenvalue weighted by Gasteiger charge is -2.33. The molecule has 0 aliphatic carbocycles. The molecule has 1 saturated heterocycles. The Morgan fingerprint density at radius 1 is 1.33 bits per heavy atom. The van der Waals surface area contributed by atoms with Crippen molar-refractivity contribution in [2.24, 2.45) is 11.8 Å². The predicted octanol–water partition coefficient (Wildman–Crippen LogP) is 3.70. The molecule has 0 atom stereocenters. The summed E-state index contributed by atoms with van der Waals surface area (Å²) in [4.78, 5) is 2.55. The third-order valence-corrected chi connectivity index (χ3v) is 4.43. The Morgan fingerprint density at radius 2 is 2.10 bits per heavy atom. The molecular formula is C18H26N2O. The van der Waals surface area contributed by atoms with Crippen LogP contribution in [0.1, 0.15) is 38.7 Å². The van der Waals surface area contributed by atoms with E-state index in [0.29, 0.717) is 5.56 Å². The van der Waals surface area contributed by atoms with Crippen molar-refractivity contribution >= 4 is 0 Å². The predicted molar refractivity (Wildman–Crippen MR) is 85.3 cm³/mol. The van der Waals surface area contributed by atoms with Gasteiger partial charge in [0, 0.05) is 6.54 Å². The SMILES string of the molecule is CC(C)C1CCN(CCCOc2cccc(C#N)c2)CC1. The van der Waals surface area contributed by atoms with E-state index >= 15 is 0 Å². The number of ether oxygens (including phenoxy) is 1. The fraction of sp³-hybridized carbons (Fsp3) is 0.611. The number of nitrogens with zero attached hydrogens (tertiary/aromatic N) is 2. The van der Waals surface area contributed by atoms with Crippen molar-refractivity contribution in [3.63, 3.8) is 0 Å². The summed E-state index contributed by atoms with van der Waals surface area (Å²) < 4.78 is 5.72. The van der Waals surface area contributed by atoms with Gasteiger partial charge in [-0.3, -0.25) is 0 Å². The molecule has 3 nitrogen and oxygen atoms in total. The lowest BCUT2D eigenvalue weighted by Crippen LogP contribution is -2.36. The fourth-order valence-corrected chi connectivity index (χ4v) is 2.98. The zero-order valence-corrected chi connectivity index (χ0v) is 13.2. The number of hydrogen-bond donors (Lipinski definition) is 0. The smallest absolute Gasteiger partial charge is 0.120 e. The van der Waals surface area contributed by atoms with Gasteiger partial charge in [0.1, 0.15) is 5.75 Å². The Bertz CT molecular complexity index is 470. The standard InChI is InChI=1S/C18H26N2O/c1-15(2)17-7-10-20(11-8-17)9-4-12-21-18-6-3-5-16(13-18)14-19/h3,5-6,13,15,17H,4,7-12H2,1-2H3. The van der Waals surface area contributed by atoms with Crippen molar-refractivity contribution in [1.29, 1.82) is 5.26 Å². The lowest BCUT2D eigenvalue weighted by molar-refractivity contribution is 0.149. The second kappa shape index (κ2) is 8.05. The van der Waals surface area contributed by atoms with Crippen LogP contribution in [-0.2, 0) is 0 Å². The van der Waals surface area contributed by atoms with E-state index in [1.165, 1.54) is 25.9 Å². The minimum atomic E-state index is 0.656. The summed E-state index contributed by atoms with van der Waals surface area (Å²) in [5.74, 6) is 2.53. The Morgan fingerprint density at radius 3 is 2.76 bits per heavy atom. The molecule has 0 radical (unpaired) electrons. The van der Waals surface area contributed by atoms with Gasteiger partial charge in [-0.2, -0.15) is 5.26 Å². The monoisotopic (exact) mass is 286 g/mol. The topological polar surface area (TPSA) is 36.3 Å². The molecule has 1 fully saturated rings. The van der Waals surface area contributed by atoms with Gasteiger partial charge in [0.05, 0.1) is 18.2 Å².